The number of imidazole rings is 1. The molecule has 0 saturated heterocycles. The molecule has 1 N–H and O–H groups in total. The average molecular weight is 229 g/mol. The van der Waals surface area contributed by atoms with Gasteiger partial charge in [-0.25, -0.2) is 4.79 Å². The van der Waals surface area contributed by atoms with Gasteiger partial charge in [-0.1, -0.05) is 18.2 Å². The van der Waals surface area contributed by atoms with Crippen molar-refractivity contribution in [2.75, 3.05) is 13.1 Å². The van der Waals surface area contributed by atoms with Gasteiger partial charge in [0.05, 0.1) is 11.0 Å². The molecule has 88 valence electrons. The Morgan fingerprint density at radius 2 is 2.29 bits per heavy atom. The van der Waals surface area contributed by atoms with Gasteiger partial charge in [0.15, 0.2) is 0 Å². The predicted molar refractivity (Wildman–Crippen MR) is 68.0 cm³/mol. The third-order valence-electron chi connectivity index (χ3n) is 3.30. The number of hydrogen-bond donors (Lipinski definition) is 1. The molecule has 0 aliphatic carbocycles. The molecule has 0 spiro atoms. The molecule has 1 aliphatic heterocycles. The third-order valence-corrected chi connectivity index (χ3v) is 3.30. The van der Waals surface area contributed by atoms with E-state index in [1.165, 1.54) is 5.56 Å². The first-order chi connectivity index (χ1) is 8.29. The first kappa shape index (κ1) is 10.4. The highest BCUT2D eigenvalue weighted by Crippen LogP contribution is 2.20. The van der Waals surface area contributed by atoms with E-state index in [-0.39, 0.29) is 5.69 Å². The highest BCUT2D eigenvalue weighted by atomic mass is 16.1. The van der Waals surface area contributed by atoms with Crippen LogP contribution in [0.2, 0.25) is 0 Å². The molecule has 1 aromatic carbocycles. The highest BCUT2D eigenvalue weighted by Gasteiger charge is 2.17. The van der Waals surface area contributed by atoms with Crippen LogP contribution in [0.15, 0.2) is 35.6 Å². The minimum Gasteiger partial charge on any atom is -0.306 e. The number of benzene rings is 1. The van der Waals surface area contributed by atoms with Gasteiger partial charge in [0.1, 0.15) is 0 Å². The Bertz CT molecular complexity index is 623. The van der Waals surface area contributed by atoms with Gasteiger partial charge in [0.25, 0.3) is 0 Å². The van der Waals surface area contributed by atoms with Crippen LogP contribution >= 0.6 is 0 Å². The van der Waals surface area contributed by atoms with Crippen molar-refractivity contribution in [2.45, 2.75) is 13.1 Å². The molecular weight excluding hydrogens is 214 g/mol. The van der Waals surface area contributed by atoms with Gasteiger partial charge in [0.2, 0.25) is 0 Å². The van der Waals surface area contributed by atoms with Crippen LogP contribution in [0.1, 0.15) is 5.56 Å². The Morgan fingerprint density at radius 1 is 1.41 bits per heavy atom. The van der Waals surface area contributed by atoms with E-state index in [9.17, 15) is 4.79 Å². The number of para-hydroxylation sites is 1. The maximum Gasteiger partial charge on any atom is 0.326 e. The van der Waals surface area contributed by atoms with Gasteiger partial charge < -0.3 is 4.98 Å². The Labute approximate surface area is 99.2 Å². The molecule has 0 amide bonds. The monoisotopic (exact) mass is 229 g/mol. The molecule has 0 bridgehead atoms. The van der Waals surface area contributed by atoms with E-state index in [2.05, 4.69) is 22.5 Å². The van der Waals surface area contributed by atoms with E-state index < -0.39 is 0 Å². The predicted octanol–water partition coefficient (Wildman–Crippen LogP) is 1.33. The van der Waals surface area contributed by atoms with Crippen LogP contribution in [0.4, 0.5) is 0 Å². The van der Waals surface area contributed by atoms with Crippen LogP contribution in [0.25, 0.3) is 11.0 Å². The van der Waals surface area contributed by atoms with E-state index in [0.29, 0.717) is 0 Å². The number of hydrogen-bond acceptors (Lipinski definition) is 2. The van der Waals surface area contributed by atoms with Crippen molar-refractivity contribution in [3.05, 3.63) is 46.9 Å². The number of aromatic nitrogens is 2. The zero-order valence-corrected chi connectivity index (χ0v) is 9.65. The molecule has 1 aromatic heterocycles. The van der Waals surface area contributed by atoms with Gasteiger partial charge in [-0.15, -0.1) is 6.58 Å². The van der Waals surface area contributed by atoms with Gasteiger partial charge >= 0.3 is 5.69 Å². The molecule has 0 unspecified atom stereocenters. The lowest BCUT2D eigenvalue weighted by Crippen LogP contribution is -2.27. The molecular formula is C13H15N3O. The molecule has 2 aromatic rings. The molecule has 1 aliphatic rings. The van der Waals surface area contributed by atoms with Crippen LogP contribution in [0.5, 0.6) is 0 Å². The second kappa shape index (κ2) is 3.89. The van der Waals surface area contributed by atoms with Crippen molar-refractivity contribution in [1.82, 2.24) is 14.5 Å². The second-order valence-corrected chi connectivity index (χ2v) is 4.42. The first-order valence-electron chi connectivity index (χ1n) is 5.83. The van der Waals surface area contributed by atoms with Crippen molar-refractivity contribution in [1.29, 1.82) is 0 Å². The van der Waals surface area contributed by atoms with Crippen molar-refractivity contribution in [3.8, 4) is 0 Å². The Morgan fingerprint density at radius 3 is 3.12 bits per heavy atom. The lowest BCUT2D eigenvalue weighted by atomic mass is 10.2. The summed E-state index contributed by atoms with van der Waals surface area (Å²) in [5.41, 5.74) is 3.20. The standard InChI is InChI=1S/C13H15N3O/c1-2-6-15-7-8-16-12-10(9-15)4-3-5-11(12)14-13(16)17/h2-5H,1,6-9H2,(H,14,17). The topological polar surface area (TPSA) is 41.0 Å². The quantitative estimate of drug-likeness (QED) is 0.789. The molecule has 4 nitrogen and oxygen atoms in total. The zero-order chi connectivity index (χ0) is 11.8. The Kier molecular flexibility index (Phi) is 2.37. The number of rotatable bonds is 2. The smallest absolute Gasteiger partial charge is 0.306 e. The van der Waals surface area contributed by atoms with E-state index in [1.807, 2.05) is 22.8 Å². The summed E-state index contributed by atoms with van der Waals surface area (Å²) in [5, 5.41) is 0. The molecule has 3 rings (SSSR count). The second-order valence-electron chi connectivity index (χ2n) is 4.42. The van der Waals surface area contributed by atoms with Crippen molar-refractivity contribution in [3.63, 3.8) is 0 Å². The van der Waals surface area contributed by atoms with Crippen molar-refractivity contribution in [2.24, 2.45) is 0 Å². The lowest BCUT2D eigenvalue weighted by Gasteiger charge is -2.17. The molecule has 2 heterocycles. The minimum atomic E-state index is -0.00657. The first-order valence-corrected chi connectivity index (χ1v) is 5.83. The van der Waals surface area contributed by atoms with Crippen LogP contribution in [-0.4, -0.2) is 27.5 Å². The number of aromatic amines is 1. The minimum absolute atomic E-state index is 0.00657. The molecule has 0 radical (unpaired) electrons. The summed E-state index contributed by atoms with van der Waals surface area (Å²) in [6.07, 6.45) is 1.91. The average Bonchev–Trinajstić information content (AvgIpc) is 2.52. The van der Waals surface area contributed by atoms with Gasteiger partial charge in [-0.2, -0.15) is 0 Å². The number of nitrogens with one attached hydrogen (secondary N) is 1. The lowest BCUT2D eigenvalue weighted by molar-refractivity contribution is 0.290. The third kappa shape index (κ3) is 1.61. The van der Waals surface area contributed by atoms with E-state index in [0.717, 1.165) is 37.2 Å². The van der Waals surface area contributed by atoms with Gasteiger partial charge in [-0.05, 0) is 11.6 Å². The summed E-state index contributed by atoms with van der Waals surface area (Å²) in [6.45, 7) is 7.13. The maximum absolute atomic E-state index is 11.8. The largest absolute Gasteiger partial charge is 0.326 e. The molecule has 0 atom stereocenters. The Balaban J connectivity index is 2.17. The van der Waals surface area contributed by atoms with E-state index in [1.54, 1.807) is 0 Å². The summed E-state index contributed by atoms with van der Waals surface area (Å²) >= 11 is 0. The summed E-state index contributed by atoms with van der Waals surface area (Å²) in [5.74, 6) is 0. The summed E-state index contributed by atoms with van der Waals surface area (Å²) < 4.78 is 1.84. The highest BCUT2D eigenvalue weighted by molar-refractivity contribution is 5.79. The fraction of sp³-hybridized carbons (Fsp3) is 0.308. The van der Waals surface area contributed by atoms with Crippen molar-refractivity contribution < 1.29 is 0 Å². The van der Waals surface area contributed by atoms with Gasteiger partial charge in [-0.3, -0.25) is 9.47 Å². The zero-order valence-electron chi connectivity index (χ0n) is 9.65. The summed E-state index contributed by atoms with van der Waals surface area (Å²) in [6, 6.07) is 6.04. The fourth-order valence-corrected chi connectivity index (χ4v) is 2.54. The van der Waals surface area contributed by atoms with Gasteiger partial charge in [0, 0.05) is 26.2 Å². The SMILES string of the molecule is C=CCN1CCn2c(=O)[nH]c3cccc(c32)C1. The fourth-order valence-electron chi connectivity index (χ4n) is 2.54. The van der Waals surface area contributed by atoms with Crippen LogP contribution in [0.3, 0.4) is 0 Å². The van der Waals surface area contributed by atoms with Crippen LogP contribution < -0.4 is 5.69 Å². The number of H-pyrrole nitrogens is 1. The molecule has 17 heavy (non-hydrogen) atoms. The van der Waals surface area contributed by atoms with E-state index in [4.69, 9.17) is 0 Å². The summed E-state index contributed by atoms with van der Waals surface area (Å²) in [4.78, 5) is 17.0. The van der Waals surface area contributed by atoms with Crippen LogP contribution in [0, 0.1) is 0 Å². The molecule has 0 saturated carbocycles. The van der Waals surface area contributed by atoms with E-state index >= 15 is 0 Å². The van der Waals surface area contributed by atoms with Crippen molar-refractivity contribution >= 4 is 11.0 Å². The van der Waals surface area contributed by atoms with Crippen LogP contribution in [-0.2, 0) is 13.1 Å². The maximum atomic E-state index is 11.8. The molecule has 4 heteroatoms. The number of nitrogens with zero attached hydrogens (tertiary/aromatic N) is 2. The molecule has 0 fully saturated rings. The Hall–Kier alpha value is -1.81. The normalized spacial score (nSPS) is 16.0. The summed E-state index contributed by atoms with van der Waals surface area (Å²) in [7, 11) is 0.